The summed E-state index contributed by atoms with van der Waals surface area (Å²) in [5.41, 5.74) is 1.87. The number of benzene rings is 1. The minimum absolute atomic E-state index is 0.267. The van der Waals surface area contributed by atoms with Gasteiger partial charge in [-0.15, -0.1) is 0 Å². The van der Waals surface area contributed by atoms with Gasteiger partial charge in [0.15, 0.2) is 0 Å². The van der Waals surface area contributed by atoms with Crippen molar-refractivity contribution in [2.24, 2.45) is 0 Å². The first-order valence-corrected chi connectivity index (χ1v) is 7.01. The van der Waals surface area contributed by atoms with Gasteiger partial charge >= 0.3 is 0 Å². The lowest BCUT2D eigenvalue weighted by Gasteiger charge is -2.18. The number of furan rings is 1. The fraction of sp³-hybridized carbons (Fsp3) is 0.333. The van der Waals surface area contributed by atoms with Crippen molar-refractivity contribution in [3.8, 4) is 0 Å². The van der Waals surface area contributed by atoms with Crippen molar-refractivity contribution in [3.05, 3.63) is 35.6 Å². The van der Waals surface area contributed by atoms with Gasteiger partial charge in [0, 0.05) is 17.4 Å². The average Bonchev–Trinajstić information content (AvgIpc) is 2.65. The van der Waals surface area contributed by atoms with Crippen LogP contribution in [0.5, 0.6) is 0 Å². The quantitative estimate of drug-likeness (QED) is 0.790. The van der Waals surface area contributed by atoms with E-state index in [4.69, 9.17) is 8.97 Å². The van der Waals surface area contributed by atoms with Crippen LogP contribution in [0.4, 0.5) is 0 Å². The molecule has 1 aliphatic rings. The van der Waals surface area contributed by atoms with Gasteiger partial charge in [-0.05, 0) is 18.9 Å². The van der Waals surface area contributed by atoms with Crippen LogP contribution in [0.15, 0.2) is 28.7 Å². The minimum atomic E-state index is -3.97. The molecule has 90 valence electrons. The zero-order valence-electron chi connectivity index (χ0n) is 9.09. The Kier molecular flexibility index (Phi) is 2.27. The lowest BCUT2D eigenvalue weighted by molar-refractivity contribution is 0.439. The first-order valence-electron chi connectivity index (χ1n) is 5.51. The maximum absolute atomic E-state index is 11.1. The molecule has 1 N–H and O–H groups in total. The lowest BCUT2D eigenvalue weighted by Crippen LogP contribution is -2.27. The van der Waals surface area contributed by atoms with E-state index >= 15 is 0 Å². The Morgan fingerprint density at radius 2 is 2.06 bits per heavy atom. The molecule has 0 radical (unpaired) electrons. The van der Waals surface area contributed by atoms with Crippen molar-refractivity contribution >= 4 is 21.1 Å². The summed E-state index contributed by atoms with van der Waals surface area (Å²) in [5, 5.41) is 0.326. The van der Waals surface area contributed by atoms with Crippen LogP contribution in [0.2, 0.25) is 0 Å². The van der Waals surface area contributed by atoms with Gasteiger partial charge in [-0.2, -0.15) is 8.42 Å². The van der Waals surface area contributed by atoms with Crippen LogP contribution in [0.25, 0.3) is 11.0 Å². The molecule has 1 aromatic heterocycles. The highest BCUT2D eigenvalue weighted by molar-refractivity contribution is 7.86. The van der Waals surface area contributed by atoms with Gasteiger partial charge in [-0.25, -0.2) is 0 Å². The van der Waals surface area contributed by atoms with E-state index in [-0.39, 0.29) is 6.42 Å². The Morgan fingerprint density at radius 1 is 1.29 bits per heavy atom. The molecular formula is C12H12O4S. The van der Waals surface area contributed by atoms with Crippen molar-refractivity contribution in [1.29, 1.82) is 0 Å². The Balaban J connectivity index is 2.09. The molecule has 1 heterocycles. The van der Waals surface area contributed by atoms with Crippen molar-refractivity contribution in [1.82, 2.24) is 0 Å². The summed E-state index contributed by atoms with van der Waals surface area (Å²) < 4.78 is 37.0. The minimum Gasteiger partial charge on any atom is -0.461 e. The Hall–Kier alpha value is -1.33. The number of rotatable bonds is 1. The standard InChI is InChI=1S/C12H12O4S/c13-17(14,15)8-5-6-10-9-3-1-2-4-11(9)16-12(10)7-8/h1-4,8H,5-7H2,(H,13,14,15). The molecule has 3 rings (SSSR count). The van der Waals surface area contributed by atoms with Crippen molar-refractivity contribution in [3.63, 3.8) is 0 Å². The molecule has 0 aliphatic heterocycles. The molecule has 0 spiro atoms. The SMILES string of the molecule is O=S(=O)(O)C1CCc2c(oc3ccccc23)C1. The normalized spacial score (nSPS) is 20.4. The molecule has 0 saturated carbocycles. The highest BCUT2D eigenvalue weighted by atomic mass is 32.2. The van der Waals surface area contributed by atoms with E-state index in [0.29, 0.717) is 18.6 Å². The van der Waals surface area contributed by atoms with Gasteiger partial charge in [0.05, 0.1) is 5.25 Å². The number of para-hydroxylation sites is 1. The summed E-state index contributed by atoms with van der Waals surface area (Å²) in [7, 11) is -3.97. The van der Waals surface area contributed by atoms with Crippen LogP contribution in [-0.4, -0.2) is 18.2 Å². The van der Waals surface area contributed by atoms with E-state index in [2.05, 4.69) is 0 Å². The van der Waals surface area contributed by atoms with Gasteiger partial charge in [0.25, 0.3) is 10.1 Å². The second-order valence-electron chi connectivity index (χ2n) is 4.38. The highest BCUT2D eigenvalue weighted by Crippen LogP contribution is 2.33. The average molecular weight is 252 g/mol. The van der Waals surface area contributed by atoms with Crippen LogP contribution in [0, 0.1) is 0 Å². The molecule has 0 amide bonds. The topological polar surface area (TPSA) is 67.5 Å². The molecule has 5 heteroatoms. The summed E-state index contributed by atoms with van der Waals surface area (Å²) in [4.78, 5) is 0. The largest absolute Gasteiger partial charge is 0.461 e. The van der Waals surface area contributed by atoms with Crippen LogP contribution >= 0.6 is 0 Å². The van der Waals surface area contributed by atoms with Crippen molar-refractivity contribution in [2.45, 2.75) is 24.5 Å². The molecule has 17 heavy (non-hydrogen) atoms. The second kappa shape index (κ2) is 3.58. The summed E-state index contributed by atoms with van der Waals surface area (Å²) in [6, 6.07) is 7.67. The molecule has 0 saturated heterocycles. The zero-order chi connectivity index (χ0) is 12.0. The zero-order valence-corrected chi connectivity index (χ0v) is 9.90. The fourth-order valence-corrected chi connectivity index (χ4v) is 3.23. The van der Waals surface area contributed by atoms with Gasteiger partial charge in [-0.3, -0.25) is 4.55 Å². The van der Waals surface area contributed by atoms with E-state index in [0.717, 1.165) is 16.5 Å². The molecule has 2 aromatic rings. The van der Waals surface area contributed by atoms with Crippen molar-refractivity contribution in [2.75, 3.05) is 0 Å². The number of hydrogen-bond donors (Lipinski definition) is 1. The highest BCUT2D eigenvalue weighted by Gasteiger charge is 2.31. The molecule has 0 fully saturated rings. The maximum atomic E-state index is 11.1. The van der Waals surface area contributed by atoms with Crippen LogP contribution < -0.4 is 0 Å². The third kappa shape index (κ3) is 1.75. The van der Waals surface area contributed by atoms with Crippen LogP contribution in [0.1, 0.15) is 17.7 Å². The van der Waals surface area contributed by atoms with Gasteiger partial charge in [-0.1, -0.05) is 18.2 Å². The molecular weight excluding hydrogens is 240 g/mol. The Morgan fingerprint density at radius 3 is 2.82 bits per heavy atom. The molecule has 1 aromatic carbocycles. The smallest absolute Gasteiger partial charge is 0.268 e. The van der Waals surface area contributed by atoms with Gasteiger partial charge in [0.1, 0.15) is 11.3 Å². The monoisotopic (exact) mass is 252 g/mol. The molecule has 1 aliphatic carbocycles. The van der Waals surface area contributed by atoms with Crippen molar-refractivity contribution < 1.29 is 17.4 Å². The first kappa shape index (κ1) is 10.8. The summed E-state index contributed by atoms with van der Waals surface area (Å²) in [5.74, 6) is 0.695. The van der Waals surface area contributed by atoms with E-state index in [1.165, 1.54) is 0 Å². The van der Waals surface area contributed by atoms with E-state index in [1.807, 2.05) is 24.3 Å². The molecule has 1 atom stereocenters. The Bertz CT molecular complexity index is 669. The summed E-state index contributed by atoms with van der Waals surface area (Å²) >= 11 is 0. The van der Waals surface area contributed by atoms with Gasteiger partial charge in [0.2, 0.25) is 0 Å². The lowest BCUT2D eigenvalue weighted by atomic mass is 9.95. The number of aryl methyl sites for hydroxylation is 1. The van der Waals surface area contributed by atoms with Gasteiger partial charge < -0.3 is 4.42 Å². The van der Waals surface area contributed by atoms with Crippen LogP contribution in [-0.2, 0) is 23.0 Å². The summed E-state index contributed by atoms with van der Waals surface area (Å²) in [6.45, 7) is 0. The van der Waals surface area contributed by atoms with E-state index in [9.17, 15) is 8.42 Å². The third-order valence-electron chi connectivity index (χ3n) is 3.33. The second-order valence-corrected chi connectivity index (χ2v) is 6.08. The molecule has 0 bridgehead atoms. The van der Waals surface area contributed by atoms with Crippen LogP contribution in [0.3, 0.4) is 0 Å². The summed E-state index contributed by atoms with van der Waals surface area (Å²) in [6.07, 6.45) is 1.36. The molecule has 4 nitrogen and oxygen atoms in total. The molecule has 1 unspecified atom stereocenters. The van der Waals surface area contributed by atoms with E-state index < -0.39 is 15.4 Å². The fourth-order valence-electron chi connectivity index (χ4n) is 2.46. The third-order valence-corrected chi connectivity index (χ3v) is 4.58. The van der Waals surface area contributed by atoms with E-state index in [1.54, 1.807) is 0 Å². The first-order chi connectivity index (χ1) is 8.05. The number of hydrogen-bond acceptors (Lipinski definition) is 3. The predicted octanol–water partition coefficient (Wildman–Crippen LogP) is 2.18. The maximum Gasteiger partial charge on any atom is 0.268 e. The number of fused-ring (bicyclic) bond motifs is 3. The predicted molar refractivity (Wildman–Crippen MR) is 63.6 cm³/mol. The Labute approximate surface area is 99.0 Å².